The van der Waals surface area contributed by atoms with Crippen LogP contribution in [0.2, 0.25) is 36.3 Å². The largest absolute Gasteiger partial charge is 0.285 e. The smallest absolute Gasteiger partial charge is 0.278 e. The quantitative estimate of drug-likeness (QED) is 0.412. The predicted octanol–water partition coefficient (Wildman–Crippen LogP) is 4.10. The van der Waals surface area contributed by atoms with Gasteiger partial charge in [-0.3, -0.25) is 14.8 Å². The SMILES string of the molecule is CC[Si](CC)(CC)c1ccc([Si](CC)(CC)CC)c2c1C(=O)N(O)C2=O. The van der Waals surface area contributed by atoms with E-state index in [9.17, 15) is 14.8 Å². The Labute approximate surface area is 159 Å². The van der Waals surface area contributed by atoms with Crippen molar-refractivity contribution in [3.8, 4) is 0 Å². The summed E-state index contributed by atoms with van der Waals surface area (Å²) in [5.41, 5.74) is 1.05. The second kappa shape index (κ2) is 7.78. The van der Waals surface area contributed by atoms with E-state index >= 15 is 0 Å². The van der Waals surface area contributed by atoms with Gasteiger partial charge in [-0.1, -0.05) is 89.9 Å². The fraction of sp³-hybridized carbons (Fsp3) is 0.600. The van der Waals surface area contributed by atoms with Crippen LogP contribution in [-0.4, -0.2) is 38.2 Å². The van der Waals surface area contributed by atoms with Gasteiger partial charge in [-0.2, -0.15) is 0 Å². The highest BCUT2D eigenvalue weighted by atomic mass is 28.3. The third-order valence-corrected chi connectivity index (χ3v) is 18.5. The van der Waals surface area contributed by atoms with Crippen molar-refractivity contribution in [1.29, 1.82) is 0 Å². The zero-order chi connectivity index (χ0) is 19.7. The fourth-order valence-electron chi connectivity index (χ4n) is 4.88. The van der Waals surface area contributed by atoms with Gasteiger partial charge in [0.1, 0.15) is 0 Å². The van der Waals surface area contributed by atoms with Crippen molar-refractivity contribution in [2.24, 2.45) is 0 Å². The zero-order valence-electron chi connectivity index (χ0n) is 17.1. The van der Waals surface area contributed by atoms with E-state index in [0.29, 0.717) is 16.2 Å². The molecule has 26 heavy (non-hydrogen) atoms. The molecular formula is C20H33NO3Si2. The van der Waals surface area contributed by atoms with Crippen LogP contribution in [0.3, 0.4) is 0 Å². The van der Waals surface area contributed by atoms with Crippen LogP contribution in [0, 0.1) is 0 Å². The first-order valence-corrected chi connectivity index (χ1v) is 15.3. The van der Waals surface area contributed by atoms with Crippen molar-refractivity contribution in [3.63, 3.8) is 0 Å². The molecular weight excluding hydrogens is 358 g/mol. The Morgan fingerprint density at radius 1 is 0.692 bits per heavy atom. The number of carbonyl (C=O) groups excluding carboxylic acids is 2. The summed E-state index contributed by atoms with van der Waals surface area (Å²) in [6.45, 7) is 13.2. The molecule has 0 saturated carbocycles. The summed E-state index contributed by atoms with van der Waals surface area (Å²) in [5, 5.41) is 12.7. The van der Waals surface area contributed by atoms with Gasteiger partial charge in [-0.25, -0.2) is 0 Å². The third kappa shape index (κ3) is 2.82. The van der Waals surface area contributed by atoms with E-state index in [2.05, 4.69) is 53.7 Å². The van der Waals surface area contributed by atoms with E-state index in [-0.39, 0.29) is 0 Å². The van der Waals surface area contributed by atoms with Crippen molar-refractivity contribution in [2.45, 2.75) is 77.8 Å². The average Bonchev–Trinajstić information content (AvgIpc) is 2.91. The molecule has 2 rings (SSSR count). The molecule has 1 aliphatic heterocycles. The minimum atomic E-state index is -1.86. The molecule has 1 aliphatic rings. The van der Waals surface area contributed by atoms with Crippen molar-refractivity contribution >= 4 is 38.3 Å². The number of nitrogens with zero attached hydrogens (tertiary/aromatic N) is 1. The van der Waals surface area contributed by atoms with E-state index in [4.69, 9.17) is 0 Å². The second-order valence-corrected chi connectivity index (χ2v) is 18.0. The van der Waals surface area contributed by atoms with Crippen LogP contribution in [0.4, 0.5) is 0 Å². The number of hydroxylamine groups is 2. The topological polar surface area (TPSA) is 57.6 Å². The second-order valence-electron chi connectivity index (χ2n) is 7.51. The van der Waals surface area contributed by atoms with Crippen LogP contribution < -0.4 is 10.4 Å². The molecule has 0 aromatic heterocycles. The number of fused-ring (bicyclic) bond motifs is 1. The van der Waals surface area contributed by atoms with Gasteiger partial charge < -0.3 is 0 Å². The summed E-state index contributed by atoms with van der Waals surface area (Å²) in [4.78, 5) is 25.7. The molecule has 1 N–H and O–H groups in total. The van der Waals surface area contributed by atoms with E-state index in [1.54, 1.807) is 0 Å². The molecule has 0 unspecified atom stereocenters. The summed E-state index contributed by atoms with van der Waals surface area (Å²) in [7, 11) is -3.72. The minimum absolute atomic E-state index is 0.359. The van der Waals surface area contributed by atoms with Crippen LogP contribution in [-0.2, 0) is 0 Å². The molecule has 0 spiro atoms. The Hall–Kier alpha value is -1.25. The average molecular weight is 392 g/mol. The molecule has 1 heterocycles. The molecule has 0 radical (unpaired) electrons. The van der Waals surface area contributed by atoms with Gasteiger partial charge in [0, 0.05) is 0 Å². The Bertz CT molecular complexity index is 634. The van der Waals surface area contributed by atoms with Gasteiger partial charge in [-0.05, 0) is 10.4 Å². The van der Waals surface area contributed by atoms with E-state index in [1.807, 2.05) is 0 Å². The number of hydrogen-bond donors (Lipinski definition) is 1. The first-order chi connectivity index (χ1) is 12.3. The Kier molecular flexibility index (Phi) is 6.30. The lowest BCUT2D eigenvalue weighted by Crippen LogP contribution is -2.53. The van der Waals surface area contributed by atoms with Crippen LogP contribution in [0.1, 0.15) is 62.3 Å². The van der Waals surface area contributed by atoms with Crippen molar-refractivity contribution < 1.29 is 14.8 Å². The summed E-state index contributed by atoms with van der Waals surface area (Å²) < 4.78 is 0. The number of benzene rings is 1. The lowest BCUT2D eigenvalue weighted by molar-refractivity contribution is -0.0326. The van der Waals surface area contributed by atoms with Crippen LogP contribution in [0.5, 0.6) is 0 Å². The molecule has 144 valence electrons. The predicted molar refractivity (Wildman–Crippen MR) is 112 cm³/mol. The van der Waals surface area contributed by atoms with Crippen molar-refractivity contribution in [2.75, 3.05) is 0 Å². The highest BCUT2D eigenvalue weighted by Crippen LogP contribution is 2.30. The molecule has 2 amide bonds. The number of rotatable bonds is 8. The molecule has 4 nitrogen and oxygen atoms in total. The molecule has 0 bridgehead atoms. The molecule has 6 heteroatoms. The highest BCUT2D eigenvalue weighted by Gasteiger charge is 2.46. The molecule has 0 saturated heterocycles. The number of hydrogen-bond acceptors (Lipinski definition) is 3. The number of imide groups is 1. The maximum absolute atomic E-state index is 12.9. The third-order valence-electron chi connectivity index (χ3n) is 7.22. The fourth-order valence-corrected chi connectivity index (χ4v) is 12.6. The maximum atomic E-state index is 12.9. The molecule has 0 aliphatic carbocycles. The van der Waals surface area contributed by atoms with Gasteiger partial charge in [0.05, 0.1) is 27.3 Å². The molecule has 0 fully saturated rings. The zero-order valence-corrected chi connectivity index (χ0v) is 19.1. The summed E-state index contributed by atoms with van der Waals surface area (Å²) in [6, 6.07) is 10.5. The van der Waals surface area contributed by atoms with Gasteiger partial charge >= 0.3 is 0 Å². The normalized spacial score (nSPS) is 15.0. The van der Waals surface area contributed by atoms with Gasteiger partial charge in [0.2, 0.25) is 0 Å². The lowest BCUT2D eigenvalue weighted by Gasteiger charge is -2.34. The van der Waals surface area contributed by atoms with Crippen LogP contribution in [0.25, 0.3) is 0 Å². The van der Waals surface area contributed by atoms with E-state index < -0.39 is 28.0 Å². The minimum Gasteiger partial charge on any atom is -0.278 e. The molecule has 0 atom stereocenters. The van der Waals surface area contributed by atoms with E-state index in [0.717, 1.165) is 46.6 Å². The van der Waals surface area contributed by atoms with Crippen molar-refractivity contribution in [3.05, 3.63) is 23.3 Å². The van der Waals surface area contributed by atoms with E-state index in [1.165, 1.54) is 0 Å². The monoisotopic (exact) mass is 391 g/mol. The van der Waals surface area contributed by atoms with Gasteiger partial charge in [-0.15, -0.1) is 5.06 Å². The van der Waals surface area contributed by atoms with Gasteiger partial charge in [0.25, 0.3) is 11.8 Å². The highest BCUT2D eigenvalue weighted by molar-refractivity contribution is 6.94. The molecule has 1 aromatic rings. The molecule has 1 aromatic carbocycles. The Morgan fingerprint density at radius 2 is 0.962 bits per heavy atom. The maximum Gasteiger partial charge on any atom is 0.285 e. The van der Waals surface area contributed by atoms with Crippen LogP contribution in [0.15, 0.2) is 12.1 Å². The first-order valence-electron chi connectivity index (χ1n) is 10.1. The van der Waals surface area contributed by atoms with Crippen LogP contribution >= 0.6 is 0 Å². The Balaban J connectivity index is 2.89. The number of carbonyl (C=O) groups is 2. The first kappa shape index (κ1) is 21.1. The van der Waals surface area contributed by atoms with Gasteiger partial charge in [0.15, 0.2) is 0 Å². The lowest BCUT2D eigenvalue weighted by atomic mass is 10.1. The summed E-state index contributed by atoms with van der Waals surface area (Å²) >= 11 is 0. The number of amides is 2. The Morgan fingerprint density at radius 3 is 1.19 bits per heavy atom. The standard InChI is InChI=1S/C20H33NO3Si2/c1-7-25(8-2,9-3)15-13-14-16(26(10-4,11-5)12-6)18-17(15)19(22)21(24)20(18)23/h13-14,24H,7-12H2,1-6H3. The van der Waals surface area contributed by atoms with Crippen molar-refractivity contribution in [1.82, 2.24) is 5.06 Å². The summed E-state index contributed by atoms with van der Waals surface area (Å²) in [6.07, 6.45) is 0. The summed E-state index contributed by atoms with van der Waals surface area (Å²) in [5.74, 6) is -1.03.